The number of Topliss-reactive ketones (excluding diaryl/α,β-unsaturated/α-hetero) is 1. The third-order valence-corrected chi connectivity index (χ3v) is 6.93. The monoisotopic (exact) mass is 426 g/mol. The molecule has 0 aliphatic carbocycles. The number of carbonyl (C=O) groups excluding carboxylic acids is 2. The van der Waals surface area contributed by atoms with E-state index >= 15 is 0 Å². The molecular formula is C19H26N2O7S. The van der Waals surface area contributed by atoms with Crippen molar-refractivity contribution in [1.29, 1.82) is 0 Å². The van der Waals surface area contributed by atoms with Gasteiger partial charge in [0.1, 0.15) is 30.8 Å². The van der Waals surface area contributed by atoms with Gasteiger partial charge in [0.2, 0.25) is 10.0 Å². The van der Waals surface area contributed by atoms with Crippen LogP contribution in [0.25, 0.3) is 0 Å². The number of esters is 1. The molecule has 0 aromatic heterocycles. The van der Waals surface area contributed by atoms with Gasteiger partial charge in [0.05, 0.1) is 18.1 Å². The first-order valence-electron chi connectivity index (χ1n) is 9.59. The fourth-order valence-corrected chi connectivity index (χ4v) is 4.68. The topological polar surface area (TPSA) is 111 Å². The van der Waals surface area contributed by atoms with Crippen molar-refractivity contribution in [3.63, 3.8) is 0 Å². The normalized spacial score (nSPS) is 22.9. The summed E-state index contributed by atoms with van der Waals surface area (Å²) in [6, 6.07) is 5.68. The van der Waals surface area contributed by atoms with Crippen molar-refractivity contribution in [2.24, 2.45) is 5.92 Å². The van der Waals surface area contributed by atoms with E-state index in [1.54, 1.807) is 12.1 Å². The van der Waals surface area contributed by atoms with Gasteiger partial charge in [-0.1, -0.05) is 0 Å². The van der Waals surface area contributed by atoms with Crippen LogP contribution >= 0.6 is 0 Å². The Labute approximate surface area is 170 Å². The van der Waals surface area contributed by atoms with Crippen LogP contribution < -0.4 is 10.1 Å². The molecule has 1 aromatic carbocycles. The Bertz CT molecular complexity index is 819. The predicted molar refractivity (Wildman–Crippen MR) is 103 cm³/mol. The number of hydrogen-bond acceptors (Lipinski definition) is 8. The van der Waals surface area contributed by atoms with Gasteiger partial charge in [0.25, 0.3) is 0 Å². The van der Waals surface area contributed by atoms with Gasteiger partial charge in [-0.05, 0) is 37.6 Å². The predicted octanol–water partition coefficient (Wildman–Crippen LogP) is 0.197. The van der Waals surface area contributed by atoms with Crippen LogP contribution in [0.2, 0.25) is 0 Å². The van der Waals surface area contributed by atoms with Crippen molar-refractivity contribution in [2.75, 3.05) is 46.1 Å². The number of morpholine rings is 1. The number of carbonyl (C=O) groups is 2. The Hall–Kier alpha value is -2.01. The first kappa shape index (κ1) is 21.7. The lowest BCUT2D eigenvalue weighted by molar-refractivity contribution is -0.146. The van der Waals surface area contributed by atoms with Crippen LogP contribution in [0.5, 0.6) is 5.75 Å². The fourth-order valence-electron chi connectivity index (χ4n) is 3.27. The minimum absolute atomic E-state index is 0.0650. The average Bonchev–Trinajstić information content (AvgIpc) is 3.23. The van der Waals surface area contributed by atoms with Crippen LogP contribution in [0.1, 0.15) is 13.3 Å². The Kier molecular flexibility index (Phi) is 7.23. The van der Waals surface area contributed by atoms with E-state index in [0.29, 0.717) is 45.0 Å². The van der Waals surface area contributed by atoms with Crippen LogP contribution in [0, 0.1) is 5.92 Å². The standard InChI is InChI=1S/C19H26N2O7S/c1-14(22)15-12-18(20-13-15)19(23)28-11-10-27-16-2-4-17(5-3-16)29(24,25)21-6-8-26-9-7-21/h2-5,15,18,20H,6-13H2,1H3. The van der Waals surface area contributed by atoms with E-state index in [9.17, 15) is 18.0 Å². The molecule has 2 fully saturated rings. The minimum atomic E-state index is -3.54. The van der Waals surface area contributed by atoms with Crippen molar-refractivity contribution in [1.82, 2.24) is 9.62 Å². The molecule has 2 aliphatic rings. The Morgan fingerprint density at radius 2 is 1.86 bits per heavy atom. The molecule has 2 unspecified atom stereocenters. The molecule has 0 saturated carbocycles. The summed E-state index contributed by atoms with van der Waals surface area (Å²) in [4.78, 5) is 23.5. The summed E-state index contributed by atoms with van der Waals surface area (Å²) in [6.45, 7) is 3.69. The highest BCUT2D eigenvalue weighted by molar-refractivity contribution is 7.89. The summed E-state index contributed by atoms with van der Waals surface area (Å²) in [7, 11) is -3.54. The smallest absolute Gasteiger partial charge is 0.323 e. The molecule has 3 rings (SSSR count). The number of rotatable bonds is 8. The SMILES string of the molecule is CC(=O)C1CNC(C(=O)OCCOc2ccc(S(=O)(=O)N3CCOCC3)cc2)C1. The van der Waals surface area contributed by atoms with Crippen LogP contribution in [-0.2, 0) is 29.1 Å². The molecule has 160 valence electrons. The highest BCUT2D eigenvalue weighted by Gasteiger charge is 2.32. The highest BCUT2D eigenvalue weighted by Crippen LogP contribution is 2.20. The van der Waals surface area contributed by atoms with Gasteiger partial charge in [-0.2, -0.15) is 4.31 Å². The summed E-state index contributed by atoms with van der Waals surface area (Å²) >= 11 is 0. The van der Waals surface area contributed by atoms with Crippen molar-refractivity contribution in [3.8, 4) is 5.75 Å². The van der Waals surface area contributed by atoms with Gasteiger partial charge in [-0.25, -0.2) is 8.42 Å². The van der Waals surface area contributed by atoms with Gasteiger partial charge in [0.15, 0.2) is 0 Å². The molecule has 2 saturated heterocycles. The van der Waals surface area contributed by atoms with E-state index in [0.717, 1.165) is 0 Å². The number of ether oxygens (including phenoxy) is 3. The lowest BCUT2D eigenvalue weighted by atomic mass is 10.0. The minimum Gasteiger partial charge on any atom is -0.490 e. The maximum atomic E-state index is 12.6. The lowest BCUT2D eigenvalue weighted by Gasteiger charge is -2.26. The lowest BCUT2D eigenvalue weighted by Crippen LogP contribution is -2.40. The van der Waals surface area contributed by atoms with E-state index in [1.165, 1.54) is 23.4 Å². The zero-order chi connectivity index (χ0) is 20.9. The molecule has 2 atom stereocenters. The van der Waals surface area contributed by atoms with Crippen LogP contribution in [0.4, 0.5) is 0 Å². The zero-order valence-corrected chi connectivity index (χ0v) is 17.2. The van der Waals surface area contributed by atoms with E-state index in [-0.39, 0.29) is 29.8 Å². The van der Waals surface area contributed by atoms with Crippen molar-refractivity contribution < 1.29 is 32.2 Å². The van der Waals surface area contributed by atoms with Gasteiger partial charge < -0.3 is 19.5 Å². The van der Waals surface area contributed by atoms with E-state index < -0.39 is 22.0 Å². The molecule has 0 spiro atoms. The van der Waals surface area contributed by atoms with Gasteiger partial charge in [-0.15, -0.1) is 0 Å². The summed E-state index contributed by atoms with van der Waals surface area (Å²) < 4.78 is 42.4. The van der Waals surface area contributed by atoms with Gasteiger partial charge >= 0.3 is 5.97 Å². The molecule has 0 radical (unpaired) electrons. The van der Waals surface area contributed by atoms with Crippen molar-refractivity contribution in [2.45, 2.75) is 24.3 Å². The summed E-state index contributed by atoms with van der Waals surface area (Å²) in [5.74, 6) is 0.00758. The molecule has 1 aromatic rings. The van der Waals surface area contributed by atoms with E-state index in [2.05, 4.69) is 5.32 Å². The zero-order valence-electron chi connectivity index (χ0n) is 16.3. The number of nitrogens with zero attached hydrogens (tertiary/aromatic N) is 1. The maximum absolute atomic E-state index is 12.6. The van der Waals surface area contributed by atoms with Crippen LogP contribution in [-0.4, -0.2) is 76.6 Å². The number of ketones is 1. The Balaban J connectivity index is 1.42. The molecule has 0 amide bonds. The molecule has 2 aliphatic heterocycles. The molecular weight excluding hydrogens is 400 g/mol. The number of nitrogens with one attached hydrogen (secondary N) is 1. The first-order valence-corrected chi connectivity index (χ1v) is 11.0. The average molecular weight is 426 g/mol. The second-order valence-corrected chi connectivity index (χ2v) is 8.95. The quantitative estimate of drug-likeness (QED) is 0.463. The number of benzene rings is 1. The molecule has 2 heterocycles. The van der Waals surface area contributed by atoms with Crippen LogP contribution in [0.3, 0.4) is 0 Å². The number of hydrogen-bond donors (Lipinski definition) is 1. The summed E-state index contributed by atoms with van der Waals surface area (Å²) in [6.07, 6.45) is 0.452. The van der Waals surface area contributed by atoms with E-state index in [1.807, 2.05) is 0 Å². The fraction of sp³-hybridized carbons (Fsp3) is 0.579. The van der Waals surface area contributed by atoms with E-state index in [4.69, 9.17) is 14.2 Å². The van der Waals surface area contributed by atoms with Gasteiger partial charge in [-0.3, -0.25) is 9.59 Å². The third-order valence-electron chi connectivity index (χ3n) is 5.02. The largest absolute Gasteiger partial charge is 0.490 e. The summed E-state index contributed by atoms with van der Waals surface area (Å²) in [5.41, 5.74) is 0. The first-order chi connectivity index (χ1) is 13.9. The second kappa shape index (κ2) is 9.66. The molecule has 9 nitrogen and oxygen atoms in total. The van der Waals surface area contributed by atoms with Crippen molar-refractivity contribution >= 4 is 21.8 Å². The number of sulfonamides is 1. The molecule has 0 bridgehead atoms. The third kappa shape index (κ3) is 5.53. The highest BCUT2D eigenvalue weighted by atomic mass is 32.2. The molecule has 1 N–H and O–H groups in total. The molecule has 10 heteroatoms. The molecule has 29 heavy (non-hydrogen) atoms. The Morgan fingerprint density at radius 3 is 2.48 bits per heavy atom. The van der Waals surface area contributed by atoms with Crippen molar-refractivity contribution in [3.05, 3.63) is 24.3 Å². The Morgan fingerprint density at radius 1 is 1.17 bits per heavy atom. The summed E-state index contributed by atoms with van der Waals surface area (Å²) in [5, 5.41) is 2.99. The van der Waals surface area contributed by atoms with Gasteiger partial charge in [0, 0.05) is 25.6 Å². The second-order valence-electron chi connectivity index (χ2n) is 7.01. The van der Waals surface area contributed by atoms with Crippen LogP contribution in [0.15, 0.2) is 29.2 Å². The maximum Gasteiger partial charge on any atom is 0.323 e.